The average Bonchev–Trinajstić information content (AvgIpc) is 2.58. The normalized spacial score (nSPS) is 26.0. The second-order valence-corrected chi connectivity index (χ2v) is 7.73. The molecule has 154 valence electrons. The highest BCUT2D eigenvalue weighted by atomic mass is 32.2. The number of methoxy groups -OCH3 is 1. The Balaban J connectivity index is 2.18. The summed E-state index contributed by atoms with van der Waals surface area (Å²) in [6.07, 6.45) is -0.386. The number of halogens is 3. The van der Waals surface area contributed by atoms with Gasteiger partial charge in [0.15, 0.2) is 0 Å². The Bertz CT molecular complexity index is 719. The summed E-state index contributed by atoms with van der Waals surface area (Å²) in [5.74, 6) is -1.07. The molecule has 0 N–H and O–H groups in total. The highest BCUT2D eigenvalue weighted by Gasteiger charge is 2.49. The zero-order chi connectivity index (χ0) is 20.4. The Hall–Kier alpha value is -1.82. The molecular formula is C15H20F3NO7S. The van der Waals surface area contributed by atoms with E-state index in [9.17, 15) is 31.2 Å². The van der Waals surface area contributed by atoms with E-state index < -0.39 is 45.8 Å². The van der Waals surface area contributed by atoms with Gasteiger partial charge in [0.2, 0.25) is 0 Å². The zero-order valence-electron chi connectivity index (χ0n) is 14.7. The predicted molar refractivity (Wildman–Crippen MR) is 84.8 cm³/mol. The number of hydrogen-bond donors (Lipinski definition) is 0. The van der Waals surface area contributed by atoms with E-state index >= 15 is 0 Å². The third-order valence-electron chi connectivity index (χ3n) is 4.47. The smallest absolute Gasteiger partial charge is 0.464 e. The van der Waals surface area contributed by atoms with Crippen molar-refractivity contribution in [2.24, 2.45) is 5.92 Å². The molecule has 0 aromatic rings. The molecule has 0 aromatic carbocycles. The molecule has 3 atom stereocenters. The molecule has 2 aliphatic rings. The lowest BCUT2D eigenvalue weighted by molar-refractivity contribution is -0.150. The molecule has 8 nitrogen and oxygen atoms in total. The molecule has 27 heavy (non-hydrogen) atoms. The zero-order valence-corrected chi connectivity index (χ0v) is 15.5. The van der Waals surface area contributed by atoms with Crippen LogP contribution in [0.4, 0.5) is 18.0 Å². The van der Waals surface area contributed by atoms with Crippen LogP contribution in [0.1, 0.15) is 26.2 Å². The first-order chi connectivity index (χ1) is 12.5. The number of carbonyl (C=O) groups is 2. The SMILES string of the molecule is CCOC(=O)C1CC2CC(OS(=O)(=O)C(F)(F)F)CC=C2CN1C(=O)OC. The van der Waals surface area contributed by atoms with Gasteiger partial charge in [0.05, 0.1) is 19.8 Å². The van der Waals surface area contributed by atoms with Crippen LogP contribution < -0.4 is 0 Å². The van der Waals surface area contributed by atoms with Gasteiger partial charge in [-0.15, -0.1) is 0 Å². The van der Waals surface area contributed by atoms with Gasteiger partial charge in [-0.1, -0.05) is 11.6 Å². The van der Waals surface area contributed by atoms with Gasteiger partial charge in [0, 0.05) is 6.54 Å². The molecule has 2 rings (SSSR count). The Kier molecular flexibility index (Phi) is 6.40. The maximum atomic E-state index is 12.5. The highest BCUT2D eigenvalue weighted by Crippen LogP contribution is 2.38. The summed E-state index contributed by atoms with van der Waals surface area (Å²) < 4.78 is 73.9. The number of ether oxygens (including phenoxy) is 2. The van der Waals surface area contributed by atoms with Crippen LogP contribution in [0.3, 0.4) is 0 Å². The average molecular weight is 415 g/mol. The van der Waals surface area contributed by atoms with Crippen molar-refractivity contribution < 1.29 is 44.8 Å². The largest absolute Gasteiger partial charge is 0.523 e. The third kappa shape index (κ3) is 4.72. The van der Waals surface area contributed by atoms with Crippen molar-refractivity contribution >= 4 is 22.2 Å². The molecule has 3 unspecified atom stereocenters. The van der Waals surface area contributed by atoms with Crippen molar-refractivity contribution in [3.8, 4) is 0 Å². The van der Waals surface area contributed by atoms with E-state index in [1.165, 1.54) is 4.90 Å². The van der Waals surface area contributed by atoms with Gasteiger partial charge < -0.3 is 9.47 Å². The number of esters is 1. The maximum absolute atomic E-state index is 12.5. The summed E-state index contributed by atoms with van der Waals surface area (Å²) in [4.78, 5) is 25.3. The van der Waals surface area contributed by atoms with Crippen molar-refractivity contribution in [2.75, 3.05) is 20.3 Å². The molecule has 1 aliphatic carbocycles. The molecule has 1 heterocycles. The number of amides is 1. The summed E-state index contributed by atoms with van der Waals surface area (Å²) in [5.41, 5.74) is -4.79. The van der Waals surface area contributed by atoms with Gasteiger partial charge in [0.1, 0.15) is 6.04 Å². The molecule has 0 aromatic heterocycles. The summed E-state index contributed by atoms with van der Waals surface area (Å²) in [5, 5.41) is 0. The van der Waals surface area contributed by atoms with Crippen LogP contribution in [-0.2, 0) is 28.6 Å². The Labute approximate surface area is 154 Å². The molecule has 1 saturated heterocycles. The number of fused-ring (bicyclic) bond motifs is 1. The Morgan fingerprint density at radius 3 is 2.52 bits per heavy atom. The topological polar surface area (TPSA) is 99.2 Å². The number of carbonyl (C=O) groups excluding carboxylic acids is 2. The Morgan fingerprint density at radius 2 is 1.96 bits per heavy atom. The molecule has 1 amide bonds. The number of likely N-dealkylation sites (tertiary alicyclic amines) is 1. The molecule has 0 radical (unpaired) electrons. The second-order valence-electron chi connectivity index (χ2n) is 6.17. The van der Waals surface area contributed by atoms with Gasteiger partial charge in [-0.25, -0.2) is 9.59 Å². The fourth-order valence-electron chi connectivity index (χ4n) is 3.24. The predicted octanol–water partition coefficient (Wildman–Crippen LogP) is 1.96. The first-order valence-electron chi connectivity index (χ1n) is 8.19. The van der Waals surface area contributed by atoms with Gasteiger partial charge in [-0.3, -0.25) is 9.08 Å². The van der Waals surface area contributed by atoms with E-state index in [1.54, 1.807) is 13.0 Å². The molecule has 0 bridgehead atoms. The summed E-state index contributed by atoms with van der Waals surface area (Å²) in [6, 6.07) is -0.975. The van der Waals surface area contributed by atoms with Gasteiger partial charge in [-0.05, 0) is 32.1 Å². The molecule has 1 fully saturated rings. The molecule has 0 spiro atoms. The summed E-state index contributed by atoms with van der Waals surface area (Å²) in [6.45, 7) is 1.73. The highest BCUT2D eigenvalue weighted by molar-refractivity contribution is 7.87. The molecule has 12 heteroatoms. The minimum atomic E-state index is -5.71. The van der Waals surface area contributed by atoms with E-state index in [1.807, 2.05) is 0 Å². The van der Waals surface area contributed by atoms with Crippen molar-refractivity contribution in [3.63, 3.8) is 0 Å². The van der Waals surface area contributed by atoms with E-state index in [-0.39, 0.29) is 32.4 Å². The van der Waals surface area contributed by atoms with Crippen LogP contribution >= 0.6 is 0 Å². The van der Waals surface area contributed by atoms with Crippen LogP contribution in [0.5, 0.6) is 0 Å². The minimum Gasteiger partial charge on any atom is -0.464 e. The van der Waals surface area contributed by atoms with E-state index in [0.717, 1.165) is 7.11 Å². The van der Waals surface area contributed by atoms with Crippen molar-refractivity contribution in [1.29, 1.82) is 0 Å². The number of piperidine rings is 1. The first-order valence-corrected chi connectivity index (χ1v) is 9.60. The summed E-state index contributed by atoms with van der Waals surface area (Å²) >= 11 is 0. The number of alkyl halides is 3. The van der Waals surface area contributed by atoms with Crippen LogP contribution in [0.2, 0.25) is 0 Å². The first kappa shape index (κ1) is 21.5. The Morgan fingerprint density at radius 1 is 1.30 bits per heavy atom. The molecule has 0 saturated carbocycles. The molecule has 1 aliphatic heterocycles. The monoisotopic (exact) mass is 415 g/mol. The number of nitrogens with zero attached hydrogens (tertiary/aromatic N) is 1. The van der Waals surface area contributed by atoms with Crippen molar-refractivity contribution in [2.45, 2.75) is 43.8 Å². The van der Waals surface area contributed by atoms with Crippen LogP contribution in [-0.4, -0.2) is 63.3 Å². The van der Waals surface area contributed by atoms with E-state index in [0.29, 0.717) is 5.57 Å². The van der Waals surface area contributed by atoms with Crippen LogP contribution in [0.25, 0.3) is 0 Å². The van der Waals surface area contributed by atoms with E-state index in [4.69, 9.17) is 4.74 Å². The van der Waals surface area contributed by atoms with Crippen LogP contribution in [0.15, 0.2) is 11.6 Å². The fourth-order valence-corrected chi connectivity index (χ4v) is 3.87. The van der Waals surface area contributed by atoms with Crippen molar-refractivity contribution in [3.05, 3.63) is 11.6 Å². The lowest BCUT2D eigenvalue weighted by atomic mass is 9.78. The van der Waals surface area contributed by atoms with Crippen molar-refractivity contribution in [1.82, 2.24) is 4.90 Å². The van der Waals surface area contributed by atoms with Gasteiger partial charge in [-0.2, -0.15) is 21.6 Å². The number of hydrogen-bond acceptors (Lipinski definition) is 7. The number of rotatable bonds is 4. The standard InChI is InChI=1S/C15H20F3NO7S/c1-3-25-13(20)12-7-10-6-11(26-27(22,23)15(16,17)18)5-4-9(10)8-19(12)14(21)24-2/h4,10-12H,3,5-8H2,1-2H3. The molecular weight excluding hydrogens is 395 g/mol. The lowest BCUT2D eigenvalue weighted by Crippen LogP contribution is -2.52. The van der Waals surface area contributed by atoms with Crippen LogP contribution in [0, 0.1) is 5.92 Å². The van der Waals surface area contributed by atoms with Gasteiger partial charge in [0.25, 0.3) is 0 Å². The maximum Gasteiger partial charge on any atom is 0.523 e. The van der Waals surface area contributed by atoms with Gasteiger partial charge >= 0.3 is 27.7 Å². The lowest BCUT2D eigenvalue weighted by Gasteiger charge is -2.41. The second kappa shape index (κ2) is 8.05. The quantitative estimate of drug-likeness (QED) is 0.300. The fraction of sp³-hybridized carbons (Fsp3) is 0.733. The minimum absolute atomic E-state index is 0.0218. The third-order valence-corrected chi connectivity index (χ3v) is 5.56. The summed E-state index contributed by atoms with van der Waals surface area (Å²) in [7, 11) is -4.54. The van der Waals surface area contributed by atoms with E-state index in [2.05, 4.69) is 8.92 Å².